The lowest BCUT2D eigenvalue weighted by Crippen LogP contribution is -2.45. The van der Waals surface area contributed by atoms with E-state index >= 15 is 0 Å². The molecule has 0 aliphatic carbocycles. The Morgan fingerprint density at radius 1 is 1.23 bits per heavy atom. The smallest absolute Gasteiger partial charge is 0.287 e. The number of carbonyl (C=O) groups is 1. The van der Waals surface area contributed by atoms with Crippen molar-refractivity contribution in [3.8, 4) is 5.75 Å². The van der Waals surface area contributed by atoms with Gasteiger partial charge in [0, 0.05) is 26.2 Å². The Bertz CT molecular complexity index is 837. The number of nitrogens with one attached hydrogen (secondary N) is 1. The van der Waals surface area contributed by atoms with Gasteiger partial charge in [0.1, 0.15) is 5.75 Å². The molecule has 2 aliphatic rings. The summed E-state index contributed by atoms with van der Waals surface area (Å²) in [6, 6.07) is 11.5. The molecule has 1 aromatic carbocycles. The van der Waals surface area contributed by atoms with Gasteiger partial charge in [-0.2, -0.15) is 0 Å². The molecule has 2 saturated heterocycles. The van der Waals surface area contributed by atoms with Crippen LogP contribution in [0.1, 0.15) is 41.8 Å². The van der Waals surface area contributed by atoms with Gasteiger partial charge in [0.15, 0.2) is 5.76 Å². The Morgan fingerprint density at radius 3 is 2.73 bits per heavy atom. The summed E-state index contributed by atoms with van der Waals surface area (Å²) in [4.78, 5) is 14.5. The van der Waals surface area contributed by atoms with Crippen molar-refractivity contribution in [3.05, 3.63) is 60.1 Å². The Kier molecular flexibility index (Phi) is 6.55. The maximum absolute atomic E-state index is 12.0. The Hall–Kier alpha value is -2.57. The van der Waals surface area contributed by atoms with Crippen LogP contribution < -0.4 is 10.1 Å². The third-order valence-corrected chi connectivity index (χ3v) is 6.13. The first-order valence-corrected chi connectivity index (χ1v) is 10.7. The summed E-state index contributed by atoms with van der Waals surface area (Å²) in [5.74, 6) is 1.05. The Morgan fingerprint density at radius 2 is 2.03 bits per heavy atom. The number of piperidine rings is 1. The van der Waals surface area contributed by atoms with Crippen LogP contribution >= 0.6 is 0 Å². The first kappa shape index (κ1) is 20.7. The number of hydrogen-bond donors (Lipinski definition) is 1. The van der Waals surface area contributed by atoms with Crippen LogP contribution in [0.4, 0.5) is 0 Å². The van der Waals surface area contributed by atoms with Crippen molar-refractivity contribution in [3.63, 3.8) is 0 Å². The monoisotopic (exact) mass is 410 g/mol. The molecule has 0 saturated carbocycles. The van der Waals surface area contributed by atoms with E-state index in [2.05, 4.69) is 34.5 Å². The molecule has 3 heterocycles. The predicted molar refractivity (Wildman–Crippen MR) is 116 cm³/mol. The summed E-state index contributed by atoms with van der Waals surface area (Å²) >= 11 is 0. The molecule has 1 amide bonds. The number of furan rings is 1. The van der Waals surface area contributed by atoms with Crippen LogP contribution in [0.3, 0.4) is 0 Å². The van der Waals surface area contributed by atoms with E-state index in [9.17, 15) is 4.79 Å². The zero-order valence-corrected chi connectivity index (χ0v) is 17.5. The molecular weight excluding hydrogens is 380 g/mol. The molecule has 2 fully saturated rings. The summed E-state index contributed by atoms with van der Waals surface area (Å²) in [7, 11) is 1.68. The van der Waals surface area contributed by atoms with Gasteiger partial charge in [-0.05, 0) is 55.5 Å². The molecule has 4 rings (SSSR count). The van der Waals surface area contributed by atoms with Crippen LogP contribution in [0.25, 0.3) is 6.08 Å². The van der Waals surface area contributed by atoms with Gasteiger partial charge in [-0.3, -0.25) is 9.69 Å². The molecule has 160 valence electrons. The van der Waals surface area contributed by atoms with E-state index in [0.717, 1.165) is 51.1 Å². The summed E-state index contributed by atoms with van der Waals surface area (Å²) in [5, 5.41) is 2.92. The van der Waals surface area contributed by atoms with Gasteiger partial charge in [0.2, 0.25) is 0 Å². The molecule has 30 heavy (non-hydrogen) atoms. The van der Waals surface area contributed by atoms with E-state index in [-0.39, 0.29) is 17.6 Å². The highest BCUT2D eigenvalue weighted by molar-refractivity contribution is 5.91. The van der Waals surface area contributed by atoms with Crippen LogP contribution in [0.2, 0.25) is 0 Å². The summed E-state index contributed by atoms with van der Waals surface area (Å²) < 4.78 is 16.7. The number of amides is 1. The topological polar surface area (TPSA) is 63.9 Å². The van der Waals surface area contributed by atoms with E-state index < -0.39 is 0 Å². The average Bonchev–Trinajstić information content (AvgIpc) is 3.45. The normalized spacial score (nSPS) is 21.3. The number of likely N-dealkylation sites (tertiary alicyclic amines) is 1. The van der Waals surface area contributed by atoms with Crippen LogP contribution in [-0.2, 0) is 4.74 Å². The largest absolute Gasteiger partial charge is 0.497 e. The molecule has 1 atom stereocenters. The number of rotatable bonds is 7. The standard InChI is InChI=1S/C24H30N2O4/c1-28-20-8-6-19(7-9-20)4-2-14-26-15-12-24(13-16-26)11-10-21(30-24)18-25-23(27)22-5-3-17-29-22/h2-9,17,21H,10-16,18H2,1H3,(H,25,27)/b4-2+. The molecule has 1 N–H and O–H groups in total. The van der Waals surface area contributed by atoms with Crippen molar-refractivity contribution in [2.75, 3.05) is 33.3 Å². The van der Waals surface area contributed by atoms with Crippen LogP contribution in [-0.4, -0.2) is 55.8 Å². The zero-order valence-electron chi connectivity index (χ0n) is 17.5. The van der Waals surface area contributed by atoms with Crippen molar-refractivity contribution in [2.24, 2.45) is 0 Å². The average molecular weight is 411 g/mol. The van der Waals surface area contributed by atoms with E-state index in [1.807, 2.05) is 12.1 Å². The number of methoxy groups -OCH3 is 1. The number of hydrogen-bond acceptors (Lipinski definition) is 5. The van der Waals surface area contributed by atoms with Crippen LogP contribution in [0.5, 0.6) is 5.75 Å². The molecule has 2 aromatic rings. The number of benzene rings is 1. The van der Waals surface area contributed by atoms with Gasteiger partial charge in [-0.15, -0.1) is 0 Å². The molecule has 2 aliphatic heterocycles. The van der Waals surface area contributed by atoms with E-state index in [0.29, 0.717) is 12.3 Å². The van der Waals surface area contributed by atoms with Gasteiger partial charge in [-0.1, -0.05) is 24.3 Å². The van der Waals surface area contributed by atoms with Crippen molar-refractivity contribution in [1.29, 1.82) is 0 Å². The van der Waals surface area contributed by atoms with Crippen molar-refractivity contribution in [2.45, 2.75) is 37.4 Å². The molecule has 0 bridgehead atoms. The van der Waals surface area contributed by atoms with E-state index in [4.69, 9.17) is 13.9 Å². The quantitative estimate of drug-likeness (QED) is 0.753. The zero-order chi connectivity index (χ0) is 20.8. The highest BCUT2D eigenvalue weighted by Crippen LogP contribution is 2.38. The molecule has 1 spiro atoms. The maximum Gasteiger partial charge on any atom is 0.287 e. The van der Waals surface area contributed by atoms with Crippen LogP contribution in [0, 0.1) is 0 Å². The van der Waals surface area contributed by atoms with Gasteiger partial charge in [0.25, 0.3) is 5.91 Å². The maximum atomic E-state index is 12.0. The minimum atomic E-state index is -0.178. The number of ether oxygens (including phenoxy) is 2. The fraction of sp³-hybridized carbons (Fsp3) is 0.458. The van der Waals surface area contributed by atoms with Gasteiger partial charge in [-0.25, -0.2) is 0 Å². The highest BCUT2D eigenvalue weighted by Gasteiger charge is 2.42. The highest BCUT2D eigenvalue weighted by atomic mass is 16.5. The van der Waals surface area contributed by atoms with Crippen molar-refractivity contribution >= 4 is 12.0 Å². The first-order chi connectivity index (χ1) is 14.7. The second kappa shape index (κ2) is 9.49. The molecule has 1 unspecified atom stereocenters. The van der Waals surface area contributed by atoms with Gasteiger partial charge < -0.3 is 19.2 Å². The van der Waals surface area contributed by atoms with E-state index in [1.54, 1.807) is 19.2 Å². The summed E-state index contributed by atoms with van der Waals surface area (Å²) in [6.07, 6.45) is 10.1. The summed E-state index contributed by atoms with van der Waals surface area (Å²) in [5.41, 5.74) is 1.17. The fourth-order valence-corrected chi connectivity index (χ4v) is 4.30. The van der Waals surface area contributed by atoms with E-state index in [1.165, 1.54) is 11.8 Å². The lowest BCUT2D eigenvalue weighted by Gasteiger charge is -2.38. The lowest BCUT2D eigenvalue weighted by molar-refractivity contribution is -0.0741. The van der Waals surface area contributed by atoms with Crippen LogP contribution in [0.15, 0.2) is 53.2 Å². The fourth-order valence-electron chi connectivity index (χ4n) is 4.30. The second-order valence-corrected chi connectivity index (χ2v) is 8.13. The SMILES string of the molecule is COc1ccc(/C=C/CN2CCC3(CCC(CNC(=O)c4ccco4)O3)CC2)cc1. The van der Waals surface area contributed by atoms with Crippen molar-refractivity contribution in [1.82, 2.24) is 10.2 Å². The summed E-state index contributed by atoms with van der Waals surface area (Å²) in [6.45, 7) is 3.57. The molecule has 6 nitrogen and oxygen atoms in total. The molecule has 1 aromatic heterocycles. The first-order valence-electron chi connectivity index (χ1n) is 10.7. The minimum Gasteiger partial charge on any atom is -0.497 e. The Balaban J connectivity index is 1.18. The third-order valence-electron chi connectivity index (χ3n) is 6.13. The second-order valence-electron chi connectivity index (χ2n) is 8.13. The van der Waals surface area contributed by atoms with Crippen molar-refractivity contribution < 1.29 is 18.7 Å². The molecule has 6 heteroatoms. The Labute approximate surface area is 177 Å². The number of carbonyl (C=O) groups excluding carboxylic acids is 1. The van der Waals surface area contributed by atoms with Gasteiger partial charge >= 0.3 is 0 Å². The lowest BCUT2D eigenvalue weighted by atomic mass is 9.88. The molecular formula is C24H30N2O4. The number of nitrogens with zero attached hydrogens (tertiary/aromatic N) is 1. The third kappa shape index (κ3) is 5.12. The van der Waals surface area contributed by atoms with Gasteiger partial charge in [0.05, 0.1) is 25.1 Å². The minimum absolute atomic E-state index is 0.0176. The molecule has 0 radical (unpaired) electrons. The predicted octanol–water partition coefficient (Wildman–Crippen LogP) is 3.75.